The van der Waals surface area contributed by atoms with E-state index in [0.717, 1.165) is 36.3 Å². The van der Waals surface area contributed by atoms with Crippen LogP contribution in [0.1, 0.15) is 30.4 Å². The Morgan fingerprint density at radius 3 is 2.33 bits per heavy atom. The second-order valence-corrected chi connectivity index (χ2v) is 7.15. The highest BCUT2D eigenvalue weighted by Gasteiger charge is 2.39. The number of carbonyl (C=O) groups excluding carboxylic acids is 1. The molecule has 0 bridgehead atoms. The van der Waals surface area contributed by atoms with Gasteiger partial charge >= 0.3 is 6.03 Å². The van der Waals surface area contributed by atoms with E-state index < -0.39 is 0 Å². The lowest BCUT2D eigenvalue weighted by Gasteiger charge is -2.43. The van der Waals surface area contributed by atoms with Crippen LogP contribution >= 0.6 is 11.6 Å². The molecule has 0 saturated heterocycles. The van der Waals surface area contributed by atoms with Gasteiger partial charge in [0.05, 0.1) is 0 Å². The maximum Gasteiger partial charge on any atom is 0.317 e. The number of nitrogens with one attached hydrogen (secondary N) is 1. The van der Waals surface area contributed by atoms with Crippen molar-refractivity contribution in [1.82, 2.24) is 10.2 Å². The SMILES string of the molecule is CN(Cc1ccccc1)C(=O)NC1(Cc2ccc(Cl)cc2)CCC1. The largest absolute Gasteiger partial charge is 0.332 e. The molecule has 2 aromatic rings. The number of benzene rings is 2. The topological polar surface area (TPSA) is 32.3 Å². The van der Waals surface area contributed by atoms with Gasteiger partial charge in [0.25, 0.3) is 0 Å². The van der Waals surface area contributed by atoms with Crippen LogP contribution in [0, 0.1) is 0 Å². The summed E-state index contributed by atoms with van der Waals surface area (Å²) in [4.78, 5) is 14.3. The standard InChI is InChI=1S/C20H23ClN2O/c1-23(15-17-6-3-2-4-7-17)19(24)22-20(12-5-13-20)14-16-8-10-18(21)11-9-16/h2-4,6-11H,5,12-15H2,1H3,(H,22,24). The molecule has 2 amide bonds. The zero-order valence-electron chi connectivity index (χ0n) is 14.0. The van der Waals surface area contributed by atoms with E-state index in [-0.39, 0.29) is 11.6 Å². The molecule has 1 aliphatic carbocycles. The quantitative estimate of drug-likeness (QED) is 0.843. The second-order valence-electron chi connectivity index (χ2n) is 6.71. The third-order valence-corrected chi connectivity index (χ3v) is 5.00. The van der Waals surface area contributed by atoms with Gasteiger partial charge in [-0.05, 0) is 48.9 Å². The first-order valence-corrected chi connectivity index (χ1v) is 8.76. The van der Waals surface area contributed by atoms with Crippen molar-refractivity contribution >= 4 is 17.6 Å². The highest BCUT2D eigenvalue weighted by molar-refractivity contribution is 6.30. The summed E-state index contributed by atoms with van der Waals surface area (Å²) in [5.74, 6) is 0. The first-order valence-electron chi connectivity index (χ1n) is 8.38. The van der Waals surface area contributed by atoms with Crippen molar-refractivity contribution in [2.24, 2.45) is 0 Å². The molecule has 3 nitrogen and oxygen atoms in total. The van der Waals surface area contributed by atoms with Crippen LogP contribution in [0.3, 0.4) is 0 Å². The summed E-state index contributed by atoms with van der Waals surface area (Å²) in [6.45, 7) is 0.615. The Hall–Kier alpha value is -2.00. The molecule has 1 aliphatic rings. The highest BCUT2D eigenvalue weighted by atomic mass is 35.5. The Morgan fingerprint density at radius 1 is 1.08 bits per heavy atom. The lowest BCUT2D eigenvalue weighted by atomic mass is 9.73. The molecule has 126 valence electrons. The van der Waals surface area contributed by atoms with E-state index in [1.165, 1.54) is 5.56 Å². The predicted molar refractivity (Wildman–Crippen MR) is 98.2 cm³/mol. The zero-order valence-corrected chi connectivity index (χ0v) is 14.7. The summed E-state index contributed by atoms with van der Waals surface area (Å²) in [7, 11) is 1.84. The highest BCUT2D eigenvalue weighted by Crippen LogP contribution is 2.35. The molecule has 2 aromatic carbocycles. The van der Waals surface area contributed by atoms with Crippen LogP contribution in [-0.4, -0.2) is 23.5 Å². The van der Waals surface area contributed by atoms with E-state index in [9.17, 15) is 4.79 Å². The average molecular weight is 343 g/mol. The van der Waals surface area contributed by atoms with Gasteiger partial charge in [-0.1, -0.05) is 54.1 Å². The third-order valence-electron chi connectivity index (χ3n) is 4.75. The molecule has 0 unspecified atom stereocenters. The van der Waals surface area contributed by atoms with E-state index in [4.69, 9.17) is 11.6 Å². The van der Waals surface area contributed by atoms with Crippen LogP contribution in [-0.2, 0) is 13.0 Å². The molecule has 0 atom stereocenters. The fourth-order valence-corrected chi connectivity index (χ4v) is 3.32. The van der Waals surface area contributed by atoms with Crippen LogP contribution in [0.5, 0.6) is 0 Å². The smallest absolute Gasteiger partial charge is 0.317 e. The van der Waals surface area contributed by atoms with Gasteiger partial charge in [-0.2, -0.15) is 0 Å². The Bertz CT molecular complexity index is 681. The molecular formula is C20H23ClN2O. The second kappa shape index (κ2) is 7.27. The van der Waals surface area contributed by atoms with Gasteiger partial charge < -0.3 is 10.2 Å². The number of amides is 2. The van der Waals surface area contributed by atoms with E-state index >= 15 is 0 Å². The number of halogens is 1. The van der Waals surface area contributed by atoms with Crippen molar-refractivity contribution < 1.29 is 4.79 Å². The number of rotatable bonds is 5. The number of hydrogen-bond acceptors (Lipinski definition) is 1. The molecule has 0 aliphatic heterocycles. The van der Waals surface area contributed by atoms with Crippen molar-refractivity contribution in [3.05, 3.63) is 70.7 Å². The minimum atomic E-state index is -0.115. The van der Waals surface area contributed by atoms with Crippen molar-refractivity contribution in [3.63, 3.8) is 0 Å². The fraction of sp³-hybridized carbons (Fsp3) is 0.350. The summed E-state index contributed by atoms with van der Waals surface area (Å²) in [5.41, 5.74) is 2.23. The van der Waals surface area contributed by atoms with Crippen LogP contribution in [0.2, 0.25) is 5.02 Å². The maximum absolute atomic E-state index is 12.6. The van der Waals surface area contributed by atoms with Gasteiger partial charge in [0, 0.05) is 24.2 Å². The van der Waals surface area contributed by atoms with E-state index in [2.05, 4.69) is 5.32 Å². The first kappa shape index (κ1) is 16.8. The molecule has 0 aromatic heterocycles. The normalized spacial score (nSPS) is 15.4. The minimum absolute atomic E-state index is 0.00693. The summed E-state index contributed by atoms with van der Waals surface area (Å²) < 4.78 is 0. The Balaban J connectivity index is 1.61. The molecule has 0 spiro atoms. The molecule has 1 fully saturated rings. The fourth-order valence-electron chi connectivity index (χ4n) is 3.19. The summed E-state index contributed by atoms with van der Waals surface area (Å²) in [6.07, 6.45) is 4.08. The lowest BCUT2D eigenvalue weighted by Crippen LogP contribution is -2.57. The number of nitrogens with zero attached hydrogens (tertiary/aromatic N) is 1. The van der Waals surface area contributed by atoms with Crippen LogP contribution in [0.25, 0.3) is 0 Å². The zero-order chi connectivity index (χ0) is 17.0. The third kappa shape index (κ3) is 4.09. The number of carbonyl (C=O) groups is 1. The van der Waals surface area contributed by atoms with Gasteiger partial charge in [0.1, 0.15) is 0 Å². The average Bonchev–Trinajstić information content (AvgIpc) is 2.55. The summed E-state index contributed by atoms with van der Waals surface area (Å²) in [6, 6.07) is 18.0. The van der Waals surface area contributed by atoms with Crippen molar-refractivity contribution in [3.8, 4) is 0 Å². The minimum Gasteiger partial charge on any atom is -0.332 e. The Morgan fingerprint density at radius 2 is 1.75 bits per heavy atom. The Labute approximate surface area is 148 Å². The van der Waals surface area contributed by atoms with Gasteiger partial charge in [0.15, 0.2) is 0 Å². The van der Waals surface area contributed by atoms with E-state index in [1.54, 1.807) is 4.90 Å². The molecule has 3 rings (SSSR count). The van der Waals surface area contributed by atoms with Gasteiger partial charge in [-0.3, -0.25) is 0 Å². The van der Waals surface area contributed by atoms with Crippen molar-refractivity contribution in [2.45, 2.75) is 37.8 Å². The van der Waals surface area contributed by atoms with Crippen LogP contribution in [0.15, 0.2) is 54.6 Å². The van der Waals surface area contributed by atoms with E-state index in [1.807, 2.05) is 61.6 Å². The molecule has 0 radical (unpaired) electrons. The van der Waals surface area contributed by atoms with E-state index in [0.29, 0.717) is 6.54 Å². The lowest BCUT2D eigenvalue weighted by molar-refractivity contribution is 0.154. The molecule has 1 N–H and O–H groups in total. The molecule has 24 heavy (non-hydrogen) atoms. The molecule has 1 saturated carbocycles. The predicted octanol–water partition coefficient (Wildman–Crippen LogP) is 4.65. The molecule has 0 heterocycles. The first-order chi connectivity index (χ1) is 11.6. The number of hydrogen-bond donors (Lipinski definition) is 1. The monoisotopic (exact) mass is 342 g/mol. The Kier molecular flexibility index (Phi) is 5.10. The summed E-state index contributed by atoms with van der Waals surface area (Å²) >= 11 is 5.96. The number of urea groups is 1. The van der Waals surface area contributed by atoms with Crippen LogP contribution < -0.4 is 5.32 Å². The maximum atomic E-state index is 12.6. The molecule has 4 heteroatoms. The van der Waals surface area contributed by atoms with Gasteiger partial charge in [0.2, 0.25) is 0 Å². The van der Waals surface area contributed by atoms with Gasteiger partial charge in [-0.15, -0.1) is 0 Å². The van der Waals surface area contributed by atoms with Crippen LogP contribution in [0.4, 0.5) is 4.79 Å². The van der Waals surface area contributed by atoms with Gasteiger partial charge in [-0.25, -0.2) is 4.79 Å². The van der Waals surface area contributed by atoms with Crippen molar-refractivity contribution in [2.75, 3.05) is 7.05 Å². The van der Waals surface area contributed by atoms with Crippen molar-refractivity contribution in [1.29, 1.82) is 0 Å². The molecular weight excluding hydrogens is 320 g/mol. The summed E-state index contributed by atoms with van der Waals surface area (Å²) in [5, 5.41) is 4.01.